The highest BCUT2D eigenvalue weighted by molar-refractivity contribution is 5.84. The Hall–Kier alpha value is -2.45. The van der Waals surface area contributed by atoms with E-state index in [0.29, 0.717) is 30.0 Å². The number of rotatable bonds is 4. The van der Waals surface area contributed by atoms with Gasteiger partial charge in [0.05, 0.1) is 12.8 Å². The third-order valence-electron chi connectivity index (χ3n) is 4.02. The van der Waals surface area contributed by atoms with Gasteiger partial charge < -0.3 is 9.47 Å². The van der Waals surface area contributed by atoms with Crippen molar-refractivity contribution in [2.24, 2.45) is 0 Å². The molecule has 2 aliphatic rings. The van der Waals surface area contributed by atoms with Gasteiger partial charge in [-0.2, -0.15) is 13.2 Å². The van der Waals surface area contributed by atoms with Crippen LogP contribution < -0.4 is 9.47 Å². The molecule has 136 valence electrons. The first kappa shape index (κ1) is 17.4. The summed E-state index contributed by atoms with van der Waals surface area (Å²) in [5.74, 6) is 0.122. The van der Waals surface area contributed by atoms with Gasteiger partial charge >= 0.3 is 6.18 Å². The molecule has 0 aliphatic carbocycles. The summed E-state index contributed by atoms with van der Waals surface area (Å²) in [5.41, 5.74) is 0.684. The summed E-state index contributed by atoms with van der Waals surface area (Å²) in [4.78, 5) is 24.5. The number of halogens is 3. The molecule has 1 saturated heterocycles. The van der Waals surface area contributed by atoms with Crippen LogP contribution in [0.4, 0.5) is 13.2 Å². The molecule has 1 fully saturated rings. The van der Waals surface area contributed by atoms with Gasteiger partial charge in [-0.1, -0.05) is 6.07 Å². The minimum atomic E-state index is -4.39. The number of nitrogens with zero attached hydrogens (tertiary/aromatic N) is 2. The van der Waals surface area contributed by atoms with Gasteiger partial charge in [0.25, 0.3) is 0 Å². The summed E-state index contributed by atoms with van der Waals surface area (Å²) < 4.78 is 47.3. The molecule has 3 rings (SSSR count). The molecule has 0 spiro atoms. The molecule has 0 N–H and O–H groups in total. The average Bonchev–Trinajstić information content (AvgIpc) is 3.20. The fraction of sp³-hybridized carbons (Fsp3) is 0.500. The third-order valence-corrected chi connectivity index (χ3v) is 4.02. The van der Waals surface area contributed by atoms with Crippen molar-refractivity contribution in [2.75, 3.05) is 19.9 Å². The topological polar surface area (TPSA) is 59.1 Å². The van der Waals surface area contributed by atoms with E-state index in [1.165, 1.54) is 5.01 Å². The number of hydrogen-bond acceptors (Lipinski definition) is 4. The molecule has 0 aromatic heterocycles. The van der Waals surface area contributed by atoms with Crippen LogP contribution in [0.25, 0.3) is 0 Å². The van der Waals surface area contributed by atoms with Crippen LogP contribution in [0.5, 0.6) is 11.5 Å². The average molecular weight is 358 g/mol. The van der Waals surface area contributed by atoms with Crippen molar-refractivity contribution in [3.05, 3.63) is 23.8 Å². The number of hydrazine groups is 1. The first-order chi connectivity index (χ1) is 11.8. The van der Waals surface area contributed by atoms with Gasteiger partial charge in [0.1, 0.15) is 0 Å². The van der Waals surface area contributed by atoms with E-state index in [1.807, 2.05) is 0 Å². The van der Waals surface area contributed by atoms with Gasteiger partial charge in [0.2, 0.25) is 18.6 Å². The fourth-order valence-electron chi connectivity index (χ4n) is 2.82. The number of hydrogen-bond donors (Lipinski definition) is 0. The first-order valence-corrected chi connectivity index (χ1v) is 7.89. The second-order valence-corrected chi connectivity index (χ2v) is 5.87. The smallest absolute Gasteiger partial charge is 0.389 e. The first-order valence-electron chi connectivity index (χ1n) is 7.89. The van der Waals surface area contributed by atoms with E-state index in [-0.39, 0.29) is 25.7 Å². The molecule has 25 heavy (non-hydrogen) atoms. The van der Waals surface area contributed by atoms with Crippen LogP contribution in [0, 0.1) is 0 Å². The maximum Gasteiger partial charge on any atom is 0.389 e. The number of fused-ring (bicyclic) bond motifs is 1. The number of benzene rings is 1. The van der Waals surface area contributed by atoms with Crippen LogP contribution >= 0.6 is 0 Å². The molecule has 1 aromatic rings. The Morgan fingerprint density at radius 1 is 1.04 bits per heavy atom. The molecule has 9 heteroatoms. The Morgan fingerprint density at radius 2 is 1.72 bits per heavy atom. The fourth-order valence-corrected chi connectivity index (χ4v) is 2.82. The monoisotopic (exact) mass is 358 g/mol. The lowest BCUT2D eigenvalue weighted by molar-refractivity contribution is -0.163. The highest BCUT2D eigenvalue weighted by Crippen LogP contribution is 2.33. The normalized spacial score (nSPS) is 16.4. The van der Waals surface area contributed by atoms with Crippen LogP contribution in [0.15, 0.2) is 18.2 Å². The maximum atomic E-state index is 12.5. The van der Waals surface area contributed by atoms with Gasteiger partial charge in [-0.25, -0.2) is 0 Å². The van der Waals surface area contributed by atoms with Crippen molar-refractivity contribution < 1.29 is 32.2 Å². The minimum absolute atomic E-state index is 0.0275. The molecule has 0 saturated carbocycles. The third kappa shape index (κ3) is 4.15. The number of carbonyl (C=O) groups is 2. The van der Waals surface area contributed by atoms with Crippen LogP contribution in [0.2, 0.25) is 0 Å². The summed E-state index contributed by atoms with van der Waals surface area (Å²) in [7, 11) is 0. The molecule has 2 heterocycles. The predicted molar refractivity (Wildman–Crippen MR) is 79.6 cm³/mol. The molecule has 6 nitrogen and oxygen atoms in total. The SMILES string of the molecule is O=C(CCC(F)(F)F)N1CCCN1C(=O)Cc1ccc2c(c1)OCO2. The highest BCUT2D eigenvalue weighted by atomic mass is 19.4. The summed E-state index contributed by atoms with van der Waals surface area (Å²) in [5, 5.41) is 2.37. The van der Waals surface area contributed by atoms with Gasteiger partial charge in [-0.15, -0.1) is 0 Å². The van der Waals surface area contributed by atoms with Gasteiger partial charge in [-0.3, -0.25) is 19.6 Å². The lowest BCUT2D eigenvalue weighted by Gasteiger charge is -2.28. The van der Waals surface area contributed by atoms with E-state index in [4.69, 9.17) is 9.47 Å². The second kappa shape index (κ2) is 6.81. The van der Waals surface area contributed by atoms with E-state index >= 15 is 0 Å². The Bertz CT molecular complexity index is 678. The van der Waals surface area contributed by atoms with Crippen molar-refractivity contribution in [1.82, 2.24) is 10.0 Å². The zero-order valence-corrected chi connectivity index (χ0v) is 13.3. The molecule has 0 atom stereocenters. The van der Waals surface area contributed by atoms with Crippen molar-refractivity contribution in [3.8, 4) is 11.5 Å². The molecular formula is C16H17F3N2O4. The second-order valence-electron chi connectivity index (χ2n) is 5.87. The van der Waals surface area contributed by atoms with Gasteiger partial charge in [-0.05, 0) is 24.1 Å². The van der Waals surface area contributed by atoms with Crippen LogP contribution in [-0.2, 0) is 16.0 Å². The molecule has 1 aromatic carbocycles. The quantitative estimate of drug-likeness (QED) is 0.829. The zero-order chi connectivity index (χ0) is 18.0. The van der Waals surface area contributed by atoms with E-state index in [2.05, 4.69) is 0 Å². The summed E-state index contributed by atoms with van der Waals surface area (Å²) in [6.07, 6.45) is -5.66. The standard InChI is InChI=1S/C16H17F3N2O4/c17-16(18,19)5-4-14(22)20-6-1-7-21(20)15(23)9-11-2-3-12-13(8-11)25-10-24-12/h2-3,8H,1,4-7,9-10H2. The summed E-state index contributed by atoms with van der Waals surface area (Å²) >= 11 is 0. The van der Waals surface area contributed by atoms with Gasteiger partial charge in [0, 0.05) is 19.5 Å². The van der Waals surface area contributed by atoms with Crippen molar-refractivity contribution in [2.45, 2.75) is 31.9 Å². The van der Waals surface area contributed by atoms with E-state index in [1.54, 1.807) is 18.2 Å². The van der Waals surface area contributed by atoms with Gasteiger partial charge in [0.15, 0.2) is 11.5 Å². The van der Waals surface area contributed by atoms with Crippen molar-refractivity contribution in [1.29, 1.82) is 0 Å². The maximum absolute atomic E-state index is 12.5. The lowest BCUT2D eigenvalue weighted by Crippen LogP contribution is -2.45. The van der Waals surface area contributed by atoms with Crippen LogP contribution in [-0.4, -0.2) is 47.9 Å². The molecular weight excluding hydrogens is 341 g/mol. The molecule has 0 bridgehead atoms. The molecule has 0 unspecified atom stereocenters. The van der Waals surface area contributed by atoms with E-state index in [0.717, 1.165) is 5.01 Å². The highest BCUT2D eigenvalue weighted by Gasteiger charge is 2.34. The largest absolute Gasteiger partial charge is 0.454 e. The number of carbonyl (C=O) groups excluding carboxylic acids is 2. The summed E-state index contributed by atoms with van der Waals surface area (Å²) in [6.45, 7) is 0.699. The molecule has 2 aliphatic heterocycles. The Balaban J connectivity index is 1.61. The van der Waals surface area contributed by atoms with Crippen LogP contribution in [0.1, 0.15) is 24.8 Å². The molecule has 0 radical (unpaired) electrons. The minimum Gasteiger partial charge on any atom is -0.454 e. The number of alkyl halides is 3. The van der Waals surface area contributed by atoms with Crippen molar-refractivity contribution >= 4 is 11.8 Å². The van der Waals surface area contributed by atoms with E-state index in [9.17, 15) is 22.8 Å². The number of amides is 2. The van der Waals surface area contributed by atoms with Crippen LogP contribution in [0.3, 0.4) is 0 Å². The van der Waals surface area contributed by atoms with E-state index < -0.39 is 24.9 Å². The Morgan fingerprint density at radius 3 is 2.44 bits per heavy atom. The zero-order valence-electron chi connectivity index (χ0n) is 13.3. The Labute approximate surface area is 142 Å². The number of ether oxygens (including phenoxy) is 2. The van der Waals surface area contributed by atoms with Crippen molar-refractivity contribution in [3.63, 3.8) is 0 Å². The predicted octanol–water partition coefficient (Wildman–Crippen LogP) is 2.28. The Kier molecular flexibility index (Phi) is 4.73. The summed E-state index contributed by atoms with van der Waals surface area (Å²) in [6, 6.07) is 5.10. The molecule has 2 amide bonds. The lowest BCUT2D eigenvalue weighted by atomic mass is 10.1.